The molecule has 0 aromatic heterocycles. The molecule has 4 aliphatic carbocycles. The maximum Gasteiger partial charge on any atom is 0.106 e. The molecule has 0 aromatic carbocycles. The number of rotatable bonds is 2. The maximum absolute atomic E-state index is 10.1. The predicted molar refractivity (Wildman–Crippen MR) is 101 cm³/mol. The van der Waals surface area contributed by atoms with Crippen LogP contribution in [0.2, 0.25) is 0 Å². The molecule has 7 atom stereocenters. The van der Waals surface area contributed by atoms with Gasteiger partial charge < -0.3 is 9.94 Å². The van der Waals surface area contributed by atoms with Crippen molar-refractivity contribution >= 4 is 5.71 Å². The van der Waals surface area contributed by atoms with Crippen molar-refractivity contribution in [1.82, 2.24) is 0 Å². The highest BCUT2D eigenvalue weighted by Crippen LogP contribution is 2.66. The molecule has 3 nitrogen and oxygen atoms in total. The molecular weight excluding hydrogens is 310 g/mol. The van der Waals surface area contributed by atoms with Crippen LogP contribution in [0.15, 0.2) is 16.8 Å². The Kier molecular flexibility index (Phi) is 4.30. The Balaban J connectivity index is 1.63. The second-order valence-electron chi connectivity index (χ2n) is 9.75. The summed E-state index contributed by atoms with van der Waals surface area (Å²) in [4.78, 5) is 5.10. The maximum atomic E-state index is 10.1. The molecule has 3 heteroatoms. The van der Waals surface area contributed by atoms with Crippen molar-refractivity contribution in [2.24, 2.45) is 39.7 Å². The molecule has 1 N–H and O–H groups in total. The molecule has 25 heavy (non-hydrogen) atoms. The molecule has 3 saturated carbocycles. The quantitative estimate of drug-likeness (QED) is 0.437. The van der Waals surface area contributed by atoms with E-state index >= 15 is 0 Å². The first-order valence-corrected chi connectivity index (χ1v) is 10.4. The molecule has 0 heterocycles. The van der Waals surface area contributed by atoms with Crippen molar-refractivity contribution in [3.05, 3.63) is 11.6 Å². The van der Waals surface area contributed by atoms with Crippen molar-refractivity contribution < 1.29 is 9.94 Å². The zero-order chi connectivity index (χ0) is 17.8. The number of fused-ring (bicyclic) bond motifs is 5. The lowest BCUT2D eigenvalue weighted by Crippen LogP contribution is -2.50. The Hall–Kier alpha value is -0.830. The van der Waals surface area contributed by atoms with Crippen molar-refractivity contribution in [3.63, 3.8) is 0 Å². The van der Waals surface area contributed by atoms with Crippen molar-refractivity contribution in [2.45, 2.75) is 78.2 Å². The van der Waals surface area contributed by atoms with E-state index in [1.54, 1.807) is 12.7 Å². The highest BCUT2D eigenvalue weighted by molar-refractivity contribution is 5.85. The van der Waals surface area contributed by atoms with E-state index in [0.717, 1.165) is 30.6 Å². The molecule has 0 unspecified atom stereocenters. The van der Waals surface area contributed by atoms with E-state index in [2.05, 4.69) is 32.0 Å². The second kappa shape index (κ2) is 6.11. The van der Waals surface area contributed by atoms with Gasteiger partial charge in [-0.15, -0.1) is 0 Å². The summed E-state index contributed by atoms with van der Waals surface area (Å²) in [5.41, 5.74) is 3.51. The van der Waals surface area contributed by atoms with Crippen LogP contribution >= 0.6 is 0 Å². The third kappa shape index (κ3) is 2.52. The molecular formula is C22H35NO2. The van der Waals surface area contributed by atoms with Crippen LogP contribution in [0.1, 0.15) is 72.1 Å². The van der Waals surface area contributed by atoms with Gasteiger partial charge in [-0.2, -0.15) is 0 Å². The molecule has 0 bridgehead atoms. The third-order valence-electron chi connectivity index (χ3n) is 8.82. The van der Waals surface area contributed by atoms with Crippen LogP contribution in [0.5, 0.6) is 0 Å². The minimum absolute atomic E-state index is 0.103. The van der Waals surface area contributed by atoms with Gasteiger partial charge in [0.1, 0.15) is 7.11 Å². The number of aliphatic hydroxyl groups is 1. The predicted octanol–water partition coefficient (Wildman–Crippen LogP) is 4.95. The van der Waals surface area contributed by atoms with Gasteiger partial charge in [-0.25, -0.2) is 0 Å². The fraction of sp³-hybridized carbons (Fsp3) is 0.864. The molecule has 0 spiro atoms. The molecule has 140 valence electrons. The Morgan fingerprint density at radius 3 is 2.72 bits per heavy atom. The Labute approximate surface area is 152 Å². The summed E-state index contributed by atoms with van der Waals surface area (Å²) in [7, 11) is 1.67. The first-order valence-electron chi connectivity index (χ1n) is 10.4. The van der Waals surface area contributed by atoms with E-state index in [4.69, 9.17) is 4.84 Å². The SMILES string of the molecule is CO/N=C(\C)[C@H]1CC[C@H]2[C@@H]3CC=C4C[C@@H](O)CC[C@]4(C)[C@H]3CC[C@]12C. The van der Waals surface area contributed by atoms with Gasteiger partial charge in [0.2, 0.25) is 0 Å². The lowest BCUT2D eigenvalue weighted by atomic mass is 9.47. The number of allylic oxidation sites excluding steroid dienone is 1. The fourth-order valence-corrected chi connectivity index (χ4v) is 7.54. The summed E-state index contributed by atoms with van der Waals surface area (Å²) in [6.45, 7) is 7.21. The molecule has 4 rings (SSSR count). The molecule has 0 aromatic rings. The van der Waals surface area contributed by atoms with Crippen LogP contribution in [0, 0.1) is 34.5 Å². The highest BCUT2D eigenvalue weighted by Gasteiger charge is 2.59. The summed E-state index contributed by atoms with van der Waals surface area (Å²) in [5, 5.41) is 14.4. The van der Waals surface area contributed by atoms with E-state index in [-0.39, 0.29) is 6.10 Å². The Bertz CT molecular complexity index is 597. The standard InChI is InChI=1S/C22H35NO2/c1-14(23-25-4)18-7-8-19-17-6-5-15-13-16(24)9-11-21(15,2)20(17)10-12-22(18,19)3/h5,16-20,24H,6-13H2,1-4H3/b23-14+/t16-,17-,18+,19-,20-,21-,22+/m0/s1. The van der Waals surface area contributed by atoms with E-state index in [9.17, 15) is 5.11 Å². The lowest BCUT2D eigenvalue weighted by molar-refractivity contribution is -0.0426. The molecule has 3 fully saturated rings. The normalized spacial score (nSPS) is 49.7. The molecule has 0 saturated heterocycles. The summed E-state index contributed by atoms with van der Waals surface area (Å²) in [5.74, 6) is 3.05. The smallest absolute Gasteiger partial charge is 0.106 e. The number of oxime groups is 1. The van der Waals surface area contributed by atoms with Gasteiger partial charge in [0.05, 0.1) is 11.8 Å². The third-order valence-corrected chi connectivity index (χ3v) is 8.82. The van der Waals surface area contributed by atoms with E-state index in [0.29, 0.717) is 16.7 Å². The average molecular weight is 346 g/mol. The molecule has 0 aliphatic heterocycles. The number of hydrogen-bond acceptors (Lipinski definition) is 3. The van der Waals surface area contributed by atoms with Crippen LogP contribution in [0.25, 0.3) is 0 Å². The minimum atomic E-state index is -0.103. The van der Waals surface area contributed by atoms with Crippen molar-refractivity contribution in [3.8, 4) is 0 Å². The fourth-order valence-electron chi connectivity index (χ4n) is 7.54. The largest absolute Gasteiger partial charge is 0.399 e. The van der Waals surface area contributed by atoms with E-state index < -0.39 is 0 Å². The van der Waals surface area contributed by atoms with Gasteiger partial charge in [0.25, 0.3) is 0 Å². The highest BCUT2D eigenvalue weighted by atomic mass is 16.6. The van der Waals surface area contributed by atoms with Gasteiger partial charge in [0.15, 0.2) is 0 Å². The van der Waals surface area contributed by atoms with Crippen LogP contribution in [-0.4, -0.2) is 24.0 Å². The van der Waals surface area contributed by atoms with Crippen LogP contribution < -0.4 is 0 Å². The number of hydrogen-bond donors (Lipinski definition) is 1. The number of aliphatic hydroxyl groups excluding tert-OH is 1. The van der Waals surface area contributed by atoms with Gasteiger partial charge in [-0.3, -0.25) is 0 Å². The van der Waals surface area contributed by atoms with E-state index in [1.165, 1.54) is 44.2 Å². The zero-order valence-electron chi connectivity index (χ0n) is 16.4. The van der Waals surface area contributed by atoms with Gasteiger partial charge >= 0.3 is 0 Å². The van der Waals surface area contributed by atoms with Gasteiger partial charge in [-0.1, -0.05) is 30.7 Å². The average Bonchev–Trinajstić information content (AvgIpc) is 2.93. The first-order chi connectivity index (χ1) is 11.9. The zero-order valence-corrected chi connectivity index (χ0v) is 16.4. The summed E-state index contributed by atoms with van der Waals surface area (Å²) in [6, 6.07) is 0. The minimum Gasteiger partial charge on any atom is -0.399 e. The Morgan fingerprint density at radius 2 is 1.96 bits per heavy atom. The summed E-state index contributed by atoms with van der Waals surface area (Å²) in [6.07, 6.45) is 12.0. The van der Waals surface area contributed by atoms with Gasteiger partial charge in [0, 0.05) is 5.92 Å². The van der Waals surface area contributed by atoms with Gasteiger partial charge in [-0.05, 0) is 86.9 Å². The molecule has 4 aliphatic rings. The lowest BCUT2D eigenvalue weighted by Gasteiger charge is -2.58. The van der Waals surface area contributed by atoms with Crippen molar-refractivity contribution in [1.29, 1.82) is 0 Å². The summed E-state index contributed by atoms with van der Waals surface area (Å²) < 4.78 is 0. The van der Waals surface area contributed by atoms with Crippen LogP contribution in [0.4, 0.5) is 0 Å². The monoisotopic (exact) mass is 345 g/mol. The van der Waals surface area contributed by atoms with Crippen LogP contribution in [0.3, 0.4) is 0 Å². The van der Waals surface area contributed by atoms with E-state index in [1.807, 2.05) is 0 Å². The first kappa shape index (κ1) is 17.6. The topological polar surface area (TPSA) is 41.8 Å². The number of nitrogens with zero attached hydrogens (tertiary/aromatic N) is 1. The molecule has 0 radical (unpaired) electrons. The second-order valence-corrected chi connectivity index (χ2v) is 9.75. The Morgan fingerprint density at radius 1 is 1.16 bits per heavy atom. The van der Waals surface area contributed by atoms with Crippen LogP contribution in [-0.2, 0) is 4.84 Å². The molecule has 0 amide bonds. The van der Waals surface area contributed by atoms with Crippen molar-refractivity contribution in [2.75, 3.05) is 7.11 Å². The summed E-state index contributed by atoms with van der Waals surface area (Å²) >= 11 is 0.